The molecule has 0 spiro atoms. The lowest BCUT2D eigenvalue weighted by Crippen LogP contribution is -2.42. The van der Waals surface area contributed by atoms with Gasteiger partial charge in [0.05, 0.1) is 38.5 Å². The van der Waals surface area contributed by atoms with E-state index in [1.807, 2.05) is 6.92 Å². The van der Waals surface area contributed by atoms with E-state index in [0.29, 0.717) is 61.0 Å². The molecule has 2 aromatic rings. The summed E-state index contributed by atoms with van der Waals surface area (Å²) >= 11 is 0. The molecule has 37 heavy (non-hydrogen) atoms. The standard InChI is InChI=1S/C27H33N3O7/c1-5-37-19-8-6-18(7-9-19)23-21(24(31)20-16(2)22(27(34)35-4)28-17(20)3)25(32)26(33)30(23)11-10-29-12-14-36-15-13-29/h6-9,23,28,31H,5,10-15H2,1-4H3/t23-/m1/s1. The number of aliphatic hydroxyl groups is 1. The zero-order valence-corrected chi connectivity index (χ0v) is 21.6. The largest absolute Gasteiger partial charge is 0.507 e. The molecular weight excluding hydrogens is 478 g/mol. The first kappa shape index (κ1) is 26.4. The number of rotatable bonds is 8. The molecule has 2 fully saturated rings. The number of benzene rings is 1. The number of ether oxygens (including phenoxy) is 3. The van der Waals surface area contributed by atoms with Gasteiger partial charge in [0.25, 0.3) is 11.7 Å². The Morgan fingerprint density at radius 2 is 1.81 bits per heavy atom. The lowest BCUT2D eigenvalue weighted by atomic mass is 9.94. The number of nitrogens with one attached hydrogen (secondary N) is 1. The number of morpholine rings is 1. The molecule has 0 aliphatic carbocycles. The number of likely N-dealkylation sites (tertiary alicyclic amines) is 1. The second kappa shape index (κ2) is 11.2. The van der Waals surface area contributed by atoms with Crippen LogP contribution in [0.5, 0.6) is 5.75 Å². The van der Waals surface area contributed by atoms with Crippen molar-refractivity contribution in [2.24, 2.45) is 0 Å². The number of Topliss-reactive ketones (excluding diaryl/α,β-unsaturated/α-hetero) is 1. The predicted molar refractivity (Wildman–Crippen MR) is 135 cm³/mol. The highest BCUT2D eigenvalue weighted by molar-refractivity contribution is 6.46. The van der Waals surface area contributed by atoms with Crippen molar-refractivity contribution in [3.63, 3.8) is 0 Å². The van der Waals surface area contributed by atoms with Crippen LogP contribution in [0.15, 0.2) is 29.8 Å². The topological polar surface area (TPSA) is 121 Å². The number of aryl methyl sites for hydroxylation is 1. The number of hydrogen-bond acceptors (Lipinski definition) is 8. The number of esters is 1. The predicted octanol–water partition coefficient (Wildman–Crippen LogP) is 2.57. The summed E-state index contributed by atoms with van der Waals surface area (Å²) in [5, 5.41) is 11.5. The Hall–Kier alpha value is -3.63. The van der Waals surface area contributed by atoms with Crippen molar-refractivity contribution in [3.8, 4) is 5.75 Å². The van der Waals surface area contributed by atoms with Crippen molar-refractivity contribution in [2.75, 3.05) is 53.1 Å². The summed E-state index contributed by atoms with van der Waals surface area (Å²) in [7, 11) is 1.27. The molecule has 10 heteroatoms. The van der Waals surface area contributed by atoms with Gasteiger partial charge in [-0.2, -0.15) is 0 Å². The molecule has 1 aromatic carbocycles. The number of aliphatic hydroxyl groups excluding tert-OH is 1. The number of aromatic nitrogens is 1. The van der Waals surface area contributed by atoms with Gasteiger partial charge in [0.15, 0.2) is 0 Å². The summed E-state index contributed by atoms with van der Waals surface area (Å²) in [5.41, 5.74) is 2.07. The Labute approximate surface area is 215 Å². The molecule has 4 rings (SSSR count). The van der Waals surface area contributed by atoms with Gasteiger partial charge in [-0.3, -0.25) is 14.5 Å². The molecule has 198 valence electrons. The Morgan fingerprint density at radius 1 is 1.14 bits per heavy atom. The van der Waals surface area contributed by atoms with Crippen LogP contribution in [0.4, 0.5) is 0 Å². The summed E-state index contributed by atoms with van der Waals surface area (Å²) in [5.74, 6) is -1.69. The van der Waals surface area contributed by atoms with Gasteiger partial charge in [0.1, 0.15) is 17.2 Å². The van der Waals surface area contributed by atoms with Crippen molar-refractivity contribution < 1.29 is 33.7 Å². The smallest absolute Gasteiger partial charge is 0.354 e. The Balaban J connectivity index is 1.79. The van der Waals surface area contributed by atoms with Crippen LogP contribution in [0.3, 0.4) is 0 Å². The summed E-state index contributed by atoms with van der Waals surface area (Å²) in [6.07, 6.45) is 0. The molecule has 2 N–H and O–H groups in total. The summed E-state index contributed by atoms with van der Waals surface area (Å²) in [4.78, 5) is 45.5. The van der Waals surface area contributed by atoms with E-state index in [1.165, 1.54) is 12.0 Å². The lowest BCUT2D eigenvalue weighted by Gasteiger charge is -2.31. The number of methoxy groups -OCH3 is 1. The quantitative estimate of drug-likeness (QED) is 0.240. The number of carbonyl (C=O) groups excluding carboxylic acids is 3. The third-order valence-electron chi connectivity index (χ3n) is 6.87. The van der Waals surface area contributed by atoms with Crippen molar-refractivity contribution in [3.05, 3.63) is 57.9 Å². The monoisotopic (exact) mass is 511 g/mol. The fraction of sp³-hybridized carbons (Fsp3) is 0.444. The molecule has 0 radical (unpaired) electrons. The van der Waals surface area contributed by atoms with Gasteiger partial charge in [-0.15, -0.1) is 0 Å². The molecule has 2 aliphatic heterocycles. The maximum absolute atomic E-state index is 13.4. The molecule has 0 unspecified atom stereocenters. The second-order valence-electron chi connectivity index (χ2n) is 9.07. The fourth-order valence-corrected chi connectivity index (χ4v) is 4.99. The van der Waals surface area contributed by atoms with Crippen LogP contribution in [0.1, 0.15) is 45.8 Å². The van der Waals surface area contributed by atoms with Crippen molar-refractivity contribution in [1.29, 1.82) is 0 Å². The minimum absolute atomic E-state index is 0.0160. The van der Waals surface area contributed by atoms with E-state index in [9.17, 15) is 19.5 Å². The van der Waals surface area contributed by atoms with Crippen LogP contribution >= 0.6 is 0 Å². The average molecular weight is 512 g/mol. The minimum atomic E-state index is -0.799. The van der Waals surface area contributed by atoms with Gasteiger partial charge in [-0.1, -0.05) is 12.1 Å². The van der Waals surface area contributed by atoms with E-state index in [0.717, 1.165) is 13.1 Å². The van der Waals surface area contributed by atoms with E-state index in [1.54, 1.807) is 38.1 Å². The highest BCUT2D eigenvalue weighted by Gasteiger charge is 2.46. The average Bonchev–Trinajstić information content (AvgIpc) is 3.34. The van der Waals surface area contributed by atoms with Crippen molar-refractivity contribution in [1.82, 2.24) is 14.8 Å². The molecule has 3 heterocycles. The number of ketones is 1. The SMILES string of the molecule is CCOc1ccc([C@@H]2C(=C(O)c3c(C)[nH]c(C(=O)OC)c3C)C(=O)C(=O)N2CCN2CCOCC2)cc1. The first-order chi connectivity index (χ1) is 17.8. The van der Waals surface area contributed by atoms with E-state index >= 15 is 0 Å². The van der Waals surface area contributed by atoms with Gasteiger partial charge >= 0.3 is 5.97 Å². The highest BCUT2D eigenvalue weighted by Crippen LogP contribution is 2.41. The Bertz CT molecular complexity index is 1210. The van der Waals surface area contributed by atoms with Crippen LogP contribution in [-0.2, 0) is 19.1 Å². The van der Waals surface area contributed by atoms with Crippen LogP contribution in [0, 0.1) is 13.8 Å². The zero-order chi connectivity index (χ0) is 26.7. The molecule has 0 saturated carbocycles. The minimum Gasteiger partial charge on any atom is -0.507 e. The first-order valence-corrected chi connectivity index (χ1v) is 12.4. The fourth-order valence-electron chi connectivity index (χ4n) is 4.99. The summed E-state index contributed by atoms with van der Waals surface area (Å²) in [6, 6.07) is 6.36. The van der Waals surface area contributed by atoms with Gasteiger partial charge < -0.3 is 29.2 Å². The molecule has 2 saturated heterocycles. The molecule has 1 atom stereocenters. The van der Waals surface area contributed by atoms with Gasteiger partial charge in [0.2, 0.25) is 0 Å². The van der Waals surface area contributed by atoms with Gasteiger partial charge in [0, 0.05) is 37.4 Å². The van der Waals surface area contributed by atoms with Crippen LogP contribution in [0.2, 0.25) is 0 Å². The number of nitrogens with zero attached hydrogens (tertiary/aromatic N) is 2. The number of hydrogen-bond donors (Lipinski definition) is 2. The maximum atomic E-state index is 13.4. The van der Waals surface area contributed by atoms with Gasteiger partial charge in [-0.25, -0.2) is 4.79 Å². The van der Waals surface area contributed by atoms with Crippen molar-refractivity contribution >= 4 is 23.4 Å². The molecule has 0 bridgehead atoms. The number of amides is 1. The normalized spacial score (nSPS) is 19.9. The number of carbonyl (C=O) groups is 3. The van der Waals surface area contributed by atoms with E-state index in [4.69, 9.17) is 14.2 Å². The van der Waals surface area contributed by atoms with Crippen LogP contribution < -0.4 is 4.74 Å². The first-order valence-electron chi connectivity index (χ1n) is 12.4. The van der Waals surface area contributed by atoms with Crippen molar-refractivity contribution in [2.45, 2.75) is 26.8 Å². The second-order valence-corrected chi connectivity index (χ2v) is 9.07. The van der Waals surface area contributed by atoms with E-state index in [2.05, 4.69) is 9.88 Å². The molecule has 1 amide bonds. The third kappa shape index (κ3) is 5.12. The van der Waals surface area contributed by atoms with Gasteiger partial charge in [-0.05, 0) is 44.0 Å². The molecule has 10 nitrogen and oxygen atoms in total. The Kier molecular flexibility index (Phi) is 7.99. The Morgan fingerprint density at radius 3 is 2.43 bits per heavy atom. The highest BCUT2D eigenvalue weighted by atomic mass is 16.5. The summed E-state index contributed by atoms with van der Waals surface area (Å²) in [6.45, 7) is 9.35. The number of H-pyrrole nitrogens is 1. The zero-order valence-electron chi connectivity index (χ0n) is 21.6. The van der Waals surface area contributed by atoms with E-state index < -0.39 is 23.7 Å². The lowest BCUT2D eigenvalue weighted by molar-refractivity contribution is -0.140. The third-order valence-corrected chi connectivity index (χ3v) is 6.87. The summed E-state index contributed by atoms with van der Waals surface area (Å²) < 4.78 is 15.8. The maximum Gasteiger partial charge on any atom is 0.354 e. The molecule has 1 aromatic heterocycles. The van der Waals surface area contributed by atoms with E-state index in [-0.39, 0.29) is 17.0 Å². The number of aromatic amines is 1. The van der Waals surface area contributed by atoms with Crippen LogP contribution in [0.25, 0.3) is 5.76 Å². The molecular formula is C27H33N3O7. The molecule has 2 aliphatic rings. The van der Waals surface area contributed by atoms with Crippen LogP contribution in [-0.4, -0.2) is 90.7 Å².